The molecule has 0 saturated carbocycles. The number of anilines is 1. The van der Waals surface area contributed by atoms with E-state index in [1.807, 2.05) is 31.2 Å². The van der Waals surface area contributed by atoms with E-state index in [4.69, 9.17) is 14.3 Å². The zero-order chi connectivity index (χ0) is 19.1. The smallest absolute Gasteiger partial charge is 0.265 e. The van der Waals surface area contributed by atoms with Crippen LogP contribution in [0.1, 0.15) is 30.0 Å². The summed E-state index contributed by atoms with van der Waals surface area (Å²) in [5.74, 6) is 1.05. The van der Waals surface area contributed by atoms with Crippen molar-refractivity contribution in [2.75, 3.05) is 25.6 Å². The molecule has 0 saturated heterocycles. The molecular formula is C21H24N2O4. The highest BCUT2D eigenvalue weighted by Gasteiger charge is 2.12. The predicted molar refractivity (Wildman–Crippen MR) is 105 cm³/mol. The molecule has 3 rings (SSSR count). The van der Waals surface area contributed by atoms with Gasteiger partial charge in [-0.3, -0.25) is 4.79 Å². The molecule has 1 N–H and O–H groups in total. The molecule has 1 amide bonds. The van der Waals surface area contributed by atoms with Gasteiger partial charge in [0.25, 0.3) is 5.91 Å². The molecule has 0 heterocycles. The Balaban J connectivity index is 1.49. The lowest BCUT2D eigenvalue weighted by Crippen LogP contribution is -2.17. The first kappa shape index (κ1) is 18.8. The molecule has 1 aliphatic rings. The average Bonchev–Trinajstić information content (AvgIpc) is 3.14. The van der Waals surface area contributed by atoms with E-state index in [9.17, 15) is 4.79 Å². The highest BCUT2D eigenvalue weighted by Crippen LogP contribution is 2.27. The summed E-state index contributed by atoms with van der Waals surface area (Å²) in [6.45, 7) is 2.32. The second-order valence-corrected chi connectivity index (χ2v) is 6.24. The molecule has 27 heavy (non-hydrogen) atoms. The monoisotopic (exact) mass is 368 g/mol. The molecule has 0 spiro atoms. The number of fused-ring (bicyclic) bond motifs is 1. The van der Waals surface area contributed by atoms with Crippen molar-refractivity contribution in [1.82, 2.24) is 0 Å². The van der Waals surface area contributed by atoms with Gasteiger partial charge in [0, 0.05) is 11.3 Å². The fourth-order valence-electron chi connectivity index (χ4n) is 3.08. The average molecular weight is 368 g/mol. The summed E-state index contributed by atoms with van der Waals surface area (Å²) in [7, 11) is 1.58. The predicted octanol–water partition coefficient (Wildman–Crippen LogP) is 3.57. The maximum atomic E-state index is 12.0. The molecule has 0 aliphatic heterocycles. The van der Waals surface area contributed by atoms with Gasteiger partial charge >= 0.3 is 0 Å². The third-order valence-corrected chi connectivity index (χ3v) is 4.34. The first-order valence-corrected chi connectivity index (χ1v) is 9.07. The molecule has 0 radical (unpaired) electrons. The van der Waals surface area contributed by atoms with Gasteiger partial charge in [-0.15, -0.1) is 0 Å². The van der Waals surface area contributed by atoms with Crippen LogP contribution in [0.3, 0.4) is 0 Å². The van der Waals surface area contributed by atoms with Crippen LogP contribution in [0.25, 0.3) is 0 Å². The van der Waals surface area contributed by atoms with Crippen molar-refractivity contribution < 1.29 is 19.1 Å². The minimum absolute atomic E-state index is 0.151. The van der Waals surface area contributed by atoms with Crippen molar-refractivity contribution in [1.29, 1.82) is 0 Å². The highest BCUT2D eigenvalue weighted by atomic mass is 16.6. The van der Waals surface area contributed by atoms with Crippen molar-refractivity contribution >= 4 is 17.8 Å². The van der Waals surface area contributed by atoms with Crippen molar-refractivity contribution in [3.63, 3.8) is 0 Å². The zero-order valence-corrected chi connectivity index (χ0v) is 15.7. The second-order valence-electron chi connectivity index (χ2n) is 6.24. The quantitative estimate of drug-likeness (QED) is 0.571. The van der Waals surface area contributed by atoms with Crippen LogP contribution in [-0.2, 0) is 22.5 Å². The number of aryl methyl sites for hydroxylation is 2. The Kier molecular flexibility index (Phi) is 6.30. The van der Waals surface area contributed by atoms with E-state index in [0.717, 1.165) is 24.1 Å². The lowest BCUT2D eigenvalue weighted by atomic mass is 10.1. The fraction of sp³-hybridized carbons (Fsp3) is 0.333. The van der Waals surface area contributed by atoms with Crippen molar-refractivity contribution in [2.45, 2.75) is 26.2 Å². The van der Waals surface area contributed by atoms with Crippen molar-refractivity contribution in [2.24, 2.45) is 5.16 Å². The number of nitrogens with zero attached hydrogens (tertiary/aromatic N) is 1. The van der Waals surface area contributed by atoms with E-state index >= 15 is 0 Å². The number of methoxy groups -OCH3 is 1. The molecule has 0 bridgehead atoms. The molecular weight excluding hydrogens is 344 g/mol. The first-order valence-electron chi connectivity index (χ1n) is 9.07. The Morgan fingerprint density at radius 2 is 2.00 bits per heavy atom. The standard InChI is InChI=1S/C21H24N2O4/c1-3-26-19-10-7-15(11-20(19)25-2)13-22-27-14-21(24)23-18-9-8-16-5-4-6-17(16)12-18/h7-13H,3-6,14H2,1-2H3,(H,23,24)/b22-13-. The number of oxime groups is 1. The number of nitrogens with one attached hydrogen (secondary N) is 1. The van der Waals surface area contributed by atoms with E-state index < -0.39 is 0 Å². The van der Waals surface area contributed by atoms with Gasteiger partial charge in [0.05, 0.1) is 19.9 Å². The van der Waals surface area contributed by atoms with Crippen LogP contribution in [0.15, 0.2) is 41.6 Å². The molecule has 142 valence electrons. The van der Waals surface area contributed by atoms with Gasteiger partial charge in [-0.1, -0.05) is 11.2 Å². The minimum atomic E-state index is -0.241. The van der Waals surface area contributed by atoms with Crippen molar-refractivity contribution in [3.8, 4) is 11.5 Å². The van der Waals surface area contributed by atoms with E-state index in [2.05, 4.69) is 16.5 Å². The molecule has 1 aliphatic carbocycles. The molecule has 2 aromatic rings. The van der Waals surface area contributed by atoms with Gasteiger partial charge in [-0.25, -0.2) is 0 Å². The number of carbonyl (C=O) groups is 1. The van der Waals surface area contributed by atoms with E-state index in [1.165, 1.54) is 23.8 Å². The molecule has 0 unspecified atom stereocenters. The van der Waals surface area contributed by atoms with Crippen LogP contribution in [0.2, 0.25) is 0 Å². The molecule has 2 aromatic carbocycles. The topological polar surface area (TPSA) is 69.2 Å². The Bertz CT molecular complexity index is 833. The Hall–Kier alpha value is -3.02. The summed E-state index contributed by atoms with van der Waals surface area (Å²) in [6, 6.07) is 11.5. The molecule has 6 heteroatoms. The van der Waals surface area contributed by atoms with E-state index in [0.29, 0.717) is 18.1 Å². The Morgan fingerprint density at radius 1 is 1.15 bits per heavy atom. The van der Waals surface area contributed by atoms with Gasteiger partial charge < -0.3 is 19.6 Å². The largest absolute Gasteiger partial charge is 0.493 e. The number of ether oxygens (including phenoxy) is 2. The number of hydrogen-bond acceptors (Lipinski definition) is 5. The number of rotatable bonds is 8. The molecule has 6 nitrogen and oxygen atoms in total. The van der Waals surface area contributed by atoms with E-state index in [1.54, 1.807) is 13.2 Å². The summed E-state index contributed by atoms with van der Waals surface area (Å²) in [4.78, 5) is 17.1. The summed E-state index contributed by atoms with van der Waals surface area (Å²) in [5, 5.41) is 6.69. The Morgan fingerprint density at radius 3 is 2.81 bits per heavy atom. The number of amides is 1. The third kappa shape index (κ3) is 5.00. The highest BCUT2D eigenvalue weighted by molar-refractivity contribution is 5.92. The lowest BCUT2D eigenvalue weighted by Gasteiger charge is -2.09. The van der Waals surface area contributed by atoms with Gasteiger partial charge in [0.2, 0.25) is 0 Å². The van der Waals surface area contributed by atoms with Crippen LogP contribution in [0.5, 0.6) is 11.5 Å². The van der Waals surface area contributed by atoms with Gasteiger partial charge in [0.15, 0.2) is 18.1 Å². The second kappa shape index (κ2) is 9.07. The molecule has 0 aromatic heterocycles. The fourth-order valence-corrected chi connectivity index (χ4v) is 3.08. The van der Waals surface area contributed by atoms with Crippen LogP contribution in [-0.4, -0.2) is 32.4 Å². The number of hydrogen-bond donors (Lipinski definition) is 1. The third-order valence-electron chi connectivity index (χ3n) is 4.34. The lowest BCUT2D eigenvalue weighted by molar-refractivity contribution is -0.120. The normalized spacial score (nSPS) is 12.7. The van der Waals surface area contributed by atoms with Crippen LogP contribution in [0.4, 0.5) is 5.69 Å². The molecule has 0 atom stereocenters. The van der Waals surface area contributed by atoms with Gasteiger partial charge in [-0.05, 0) is 67.6 Å². The van der Waals surface area contributed by atoms with Crippen molar-refractivity contribution in [3.05, 3.63) is 53.1 Å². The number of benzene rings is 2. The summed E-state index contributed by atoms with van der Waals surface area (Å²) >= 11 is 0. The van der Waals surface area contributed by atoms with Gasteiger partial charge in [-0.2, -0.15) is 0 Å². The summed E-state index contributed by atoms with van der Waals surface area (Å²) in [6.07, 6.45) is 4.91. The summed E-state index contributed by atoms with van der Waals surface area (Å²) < 4.78 is 10.8. The minimum Gasteiger partial charge on any atom is -0.493 e. The van der Waals surface area contributed by atoms with Crippen LogP contribution >= 0.6 is 0 Å². The SMILES string of the molecule is CCOc1ccc(/C=N\OCC(=O)Nc2ccc3c(c2)CCC3)cc1OC. The first-order chi connectivity index (χ1) is 13.2. The van der Waals surface area contributed by atoms with E-state index in [-0.39, 0.29) is 12.5 Å². The maximum absolute atomic E-state index is 12.0. The molecule has 0 fully saturated rings. The van der Waals surface area contributed by atoms with Crippen LogP contribution in [0, 0.1) is 0 Å². The maximum Gasteiger partial charge on any atom is 0.265 e. The zero-order valence-electron chi connectivity index (χ0n) is 15.7. The Labute approximate surface area is 159 Å². The van der Waals surface area contributed by atoms with Gasteiger partial charge in [0.1, 0.15) is 0 Å². The number of carbonyl (C=O) groups excluding carboxylic acids is 1. The summed E-state index contributed by atoms with van der Waals surface area (Å²) in [5.41, 5.74) is 4.27. The van der Waals surface area contributed by atoms with Crippen LogP contribution < -0.4 is 14.8 Å².